The van der Waals surface area contributed by atoms with Crippen molar-refractivity contribution in [3.63, 3.8) is 0 Å². The summed E-state index contributed by atoms with van der Waals surface area (Å²) in [6.45, 7) is 4.27. The highest BCUT2D eigenvalue weighted by atomic mass is 35.5. The zero-order chi connectivity index (χ0) is 17.6. The van der Waals surface area contributed by atoms with Gasteiger partial charge in [-0.3, -0.25) is 0 Å². The molecular formula is C18H23ClN4O2. The van der Waals surface area contributed by atoms with Crippen LogP contribution in [0.5, 0.6) is 0 Å². The molecule has 134 valence electrons. The number of carbonyl (C=O) groups excluding carboxylic acids is 1. The van der Waals surface area contributed by atoms with Crippen molar-refractivity contribution in [3.8, 4) is 11.4 Å². The summed E-state index contributed by atoms with van der Waals surface area (Å²) in [5.41, 5.74) is 0.882. The number of amides is 2. The zero-order valence-electron chi connectivity index (χ0n) is 14.4. The number of nitrogens with one attached hydrogen (secondary N) is 1. The van der Waals surface area contributed by atoms with Crippen LogP contribution in [0.1, 0.15) is 44.4 Å². The second-order valence-corrected chi connectivity index (χ2v) is 6.75. The van der Waals surface area contributed by atoms with Crippen LogP contribution in [0.15, 0.2) is 28.8 Å². The minimum Gasteiger partial charge on any atom is -0.339 e. The fourth-order valence-electron chi connectivity index (χ4n) is 2.93. The zero-order valence-corrected chi connectivity index (χ0v) is 15.1. The van der Waals surface area contributed by atoms with Gasteiger partial charge in [0.25, 0.3) is 0 Å². The van der Waals surface area contributed by atoms with Crippen molar-refractivity contribution in [1.29, 1.82) is 0 Å². The molecule has 0 unspecified atom stereocenters. The highest BCUT2D eigenvalue weighted by molar-refractivity contribution is 6.30. The highest BCUT2D eigenvalue weighted by Gasteiger charge is 2.27. The summed E-state index contributed by atoms with van der Waals surface area (Å²) in [6, 6.07) is 7.39. The summed E-state index contributed by atoms with van der Waals surface area (Å²) in [7, 11) is 0. The minimum atomic E-state index is 0.0271. The van der Waals surface area contributed by atoms with Gasteiger partial charge in [-0.05, 0) is 43.5 Å². The van der Waals surface area contributed by atoms with E-state index in [-0.39, 0.29) is 11.9 Å². The number of halogens is 1. The molecule has 2 amide bonds. The Hall–Kier alpha value is -2.08. The van der Waals surface area contributed by atoms with E-state index in [0.29, 0.717) is 29.8 Å². The van der Waals surface area contributed by atoms with E-state index in [4.69, 9.17) is 16.1 Å². The quantitative estimate of drug-likeness (QED) is 0.813. The molecule has 1 aliphatic heterocycles. The standard InChI is InChI=1S/C18H23ClN4O2/c1-2-3-10-20-18(24)23-11-8-14(9-12-23)17-21-16(22-25-17)13-4-6-15(19)7-5-13/h4-7,14H,2-3,8-12H2,1H3,(H,20,24). The van der Waals surface area contributed by atoms with Crippen LogP contribution in [0.3, 0.4) is 0 Å². The summed E-state index contributed by atoms with van der Waals surface area (Å²) in [4.78, 5) is 18.5. The van der Waals surface area contributed by atoms with Gasteiger partial charge in [0.2, 0.25) is 11.7 Å². The van der Waals surface area contributed by atoms with Crippen LogP contribution in [0.2, 0.25) is 5.02 Å². The van der Waals surface area contributed by atoms with Crippen LogP contribution in [0, 0.1) is 0 Å². The van der Waals surface area contributed by atoms with Gasteiger partial charge in [0, 0.05) is 36.1 Å². The van der Waals surface area contributed by atoms with E-state index in [1.807, 2.05) is 29.2 Å². The van der Waals surface area contributed by atoms with E-state index in [1.54, 1.807) is 0 Å². The summed E-state index contributed by atoms with van der Waals surface area (Å²) in [6.07, 6.45) is 3.76. The predicted molar refractivity (Wildman–Crippen MR) is 96.6 cm³/mol. The maximum absolute atomic E-state index is 12.1. The maximum Gasteiger partial charge on any atom is 0.317 e. The van der Waals surface area contributed by atoms with Crippen LogP contribution >= 0.6 is 11.6 Å². The molecule has 1 aromatic heterocycles. The van der Waals surface area contributed by atoms with Crippen molar-refractivity contribution < 1.29 is 9.32 Å². The van der Waals surface area contributed by atoms with E-state index in [1.165, 1.54) is 0 Å². The number of hydrogen-bond donors (Lipinski definition) is 1. The first-order chi connectivity index (χ1) is 12.2. The van der Waals surface area contributed by atoms with Gasteiger partial charge < -0.3 is 14.7 Å². The fraction of sp³-hybridized carbons (Fsp3) is 0.500. The average molecular weight is 363 g/mol. The van der Waals surface area contributed by atoms with Gasteiger partial charge in [0.15, 0.2) is 0 Å². The molecule has 3 rings (SSSR count). The highest BCUT2D eigenvalue weighted by Crippen LogP contribution is 2.28. The van der Waals surface area contributed by atoms with Crippen LogP contribution in [-0.4, -0.2) is 40.7 Å². The molecule has 25 heavy (non-hydrogen) atoms. The summed E-state index contributed by atoms with van der Waals surface area (Å²) in [5, 5.41) is 7.71. The third kappa shape index (κ3) is 4.51. The Labute approximate surface area is 152 Å². The number of unbranched alkanes of at least 4 members (excludes halogenated alkanes) is 1. The van der Waals surface area contributed by atoms with Crippen molar-refractivity contribution in [1.82, 2.24) is 20.4 Å². The van der Waals surface area contributed by atoms with Crippen molar-refractivity contribution >= 4 is 17.6 Å². The molecule has 0 saturated carbocycles. The fourth-order valence-corrected chi connectivity index (χ4v) is 3.06. The second kappa shape index (κ2) is 8.34. The number of piperidine rings is 1. The maximum atomic E-state index is 12.1. The van der Waals surface area contributed by atoms with Gasteiger partial charge in [-0.2, -0.15) is 4.98 Å². The third-order valence-electron chi connectivity index (χ3n) is 4.48. The van der Waals surface area contributed by atoms with Crippen LogP contribution in [-0.2, 0) is 0 Å². The lowest BCUT2D eigenvalue weighted by molar-refractivity contribution is 0.175. The summed E-state index contributed by atoms with van der Waals surface area (Å²) >= 11 is 5.90. The second-order valence-electron chi connectivity index (χ2n) is 6.31. The lowest BCUT2D eigenvalue weighted by Gasteiger charge is -2.30. The molecule has 0 radical (unpaired) electrons. The Morgan fingerprint density at radius 3 is 2.72 bits per heavy atom. The van der Waals surface area contributed by atoms with Gasteiger partial charge in [-0.25, -0.2) is 4.79 Å². The smallest absolute Gasteiger partial charge is 0.317 e. The number of carbonyl (C=O) groups is 1. The molecule has 1 saturated heterocycles. The van der Waals surface area contributed by atoms with E-state index in [9.17, 15) is 4.79 Å². The Morgan fingerprint density at radius 2 is 2.04 bits per heavy atom. The lowest BCUT2D eigenvalue weighted by atomic mass is 9.97. The number of aromatic nitrogens is 2. The molecule has 6 nitrogen and oxygen atoms in total. The normalized spacial score (nSPS) is 15.4. The van der Waals surface area contributed by atoms with Gasteiger partial charge >= 0.3 is 6.03 Å². The number of hydrogen-bond acceptors (Lipinski definition) is 4. The summed E-state index contributed by atoms with van der Waals surface area (Å²) < 4.78 is 5.45. The van der Waals surface area contributed by atoms with Gasteiger partial charge in [0.05, 0.1) is 0 Å². The van der Waals surface area contributed by atoms with Crippen LogP contribution < -0.4 is 5.32 Å². The topological polar surface area (TPSA) is 71.3 Å². The van der Waals surface area contributed by atoms with Crippen molar-refractivity contribution in [2.24, 2.45) is 0 Å². The number of benzene rings is 1. The average Bonchev–Trinajstić information content (AvgIpc) is 3.13. The number of urea groups is 1. The lowest BCUT2D eigenvalue weighted by Crippen LogP contribution is -2.44. The van der Waals surface area contributed by atoms with Gasteiger partial charge in [-0.1, -0.05) is 30.1 Å². The Morgan fingerprint density at radius 1 is 1.32 bits per heavy atom. The molecule has 2 heterocycles. The van der Waals surface area contributed by atoms with Gasteiger partial charge in [0.1, 0.15) is 0 Å². The molecular weight excluding hydrogens is 340 g/mol. The number of nitrogens with zero attached hydrogens (tertiary/aromatic N) is 3. The van der Waals surface area contributed by atoms with Crippen LogP contribution in [0.4, 0.5) is 4.79 Å². The Bertz CT molecular complexity index is 693. The van der Waals surface area contributed by atoms with Crippen molar-refractivity contribution in [3.05, 3.63) is 35.2 Å². The first kappa shape index (κ1) is 17.7. The van der Waals surface area contributed by atoms with Gasteiger partial charge in [-0.15, -0.1) is 0 Å². The van der Waals surface area contributed by atoms with E-state index < -0.39 is 0 Å². The number of likely N-dealkylation sites (tertiary alicyclic amines) is 1. The Balaban J connectivity index is 1.55. The monoisotopic (exact) mass is 362 g/mol. The summed E-state index contributed by atoms with van der Waals surface area (Å²) in [5.74, 6) is 1.43. The Kier molecular flexibility index (Phi) is 5.91. The SMILES string of the molecule is CCCCNC(=O)N1CCC(c2nc(-c3ccc(Cl)cc3)no2)CC1. The molecule has 0 bridgehead atoms. The minimum absolute atomic E-state index is 0.0271. The first-order valence-corrected chi connectivity index (χ1v) is 9.17. The molecule has 1 N–H and O–H groups in total. The molecule has 1 fully saturated rings. The third-order valence-corrected chi connectivity index (χ3v) is 4.73. The van der Waals surface area contributed by atoms with E-state index >= 15 is 0 Å². The molecule has 0 spiro atoms. The largest absolute Gasteiger partial charge is 0.339 e. The van der Waals surface area contributed by atoms with E-state index in [0.717, 1.165) is 37.8 Å². The van der Waals surface area contributed by atoms with Crippen molar-refractivity contribution in [2.75, 3.05) is 19.6 Å². The number of rotatable bonds is 5. The van der Waals surface area contributed by atoms with E-state index in [2.05, 4.69) is 22.4 Å². The molecule has 7 heteroatoms. The van der Waals surface area contributed by atoms with Crippen molar-refractivity contribution in [2.45, 2.75) is 38.5 Å². The first-order valence-electron chi connectivity index (χ1n) is 8.79. The molecule has 1 aromatic carbocycles. The molecule has 2 aromatic rings. The molecule has 1 aliphatic rings. The predicted octanol–water partition coefficient (Wildman–Crippen LogP) is 4.08. The van der Waals surface area contributed by atoms with Crippen LogP contribution in [0.25, 0.3) is 11.4 Å². The molecule has 0 atom stereocenters. The molecule has 0 aliphatic carbocycles.